The Morgan fingerprint density at radius 1 is 1.04 bits per heavy atom. The van der Waals surface area contributed by atoms with Gasteiger partial charge in [-0.05, 0) is 48.4 Å². The van der Waals surface area contributed by atoms with E-state index in [0.29, 0.717) is 22.2 Å². The van der Waals surface area contributed by atoms with Crippen molar-refractivity contribution in [2.75, 3.05) is 6.54 Å². The first-order chi connectivity index (χ1) is 12.5. The third-order valence-corrected chi connectivity index (χ3v) is 4.06. The van der Waals surface area contributed by atoms with Gasteiger partial charge in [0.1, 0.15) is 5.70 Å². The maximum Gasteiger partial charge on any atom is 0.267 e. The van der Waals surface area contributed by atoms with Crippen LogP contribution in [0.3, 0.4) is 0 Å². The van der Waals surface area contributed by atoms with Crippen LogP contribution in [0, 0.1) is 0 Å². The van der Waals surface area contributed by atoms with Crippen molar-refractivity contribution in [2.24, 2.45) is 0 Å². The van der Waals surface area contributed by atoms with Gasteiger partial charge in [0.25, 0.3) is 11.8 Å². The van der Waals surface area contributed by atoms with E-state index in [4.69, 9.17) is 23.2 Å². The fraction of sp³-hybridized carbons (Fsp3) is 0.200. The summed E-state index contributed by atoms with van der Waals surface area (Å²) in [6.07, 6.45) is 3.44. The number of nitrogens with one attached hydrogen (secondary N) is 2. The van der Waals surface area contributed by atoms with Gasteiger partial charge in [0.05, 0.1) is 0 Å². The summed E-state index contributed by atoms with van der Waals surface area (Å²) < 4.78 is 0. The smallest absolute Gasteiger partial charge is 0.267 e. The molecule has 0 aliphatic rings. The summed E-state index contributed by atoms with van der Waals surface area (Å²) in [5, 5.41) is 6.53. The second kappa shape index (κ2) is 10.00. The fourth-order valence-electron chi connectivity index (χ4n) is 2.18. The largest absolute Gasteiger partial charge is 0.351 e. The lowest BCUT2D eigenvalue weighted by molar-refractivity contribution is -0.117. The zero-order valence-corrected chi connectivity index (χ0v) is 15.9. The topological polar surface area (TPSA) is 58.2 Å². The molecule has 2 aromatic rings. The predicted molar refractivity (Wildman–Crippen MR) is 106 cm³/mol. The van der Waals surface area contributed by atoms with Crippen molar-refractivity contribution in [2.45, 2.75) is 19.8 Å². The second-order valence-corrected chi connectivity index (χ2v) is 6.56. The monoisotopic (exact) mass is 390 g/mol. The van der Waals surface area contributed by atoms with Gasteiger partial charge < -0.3 is 10.6 Å². The summed E-state index contributed by atoms with van der Waals surface area (Å²) in [7, 11) is 0. The minimum atomic E-state index is -0.404. The van der Waals surface area contributed by atoms with Crippen LogP contribution in [-0.2, 0) is 4.79 Å². The van der Waals surface area contributed by atoms with Crippen molar-refractivity contribution in [3.63, 3.8) is 0 Å². The molecule has 0 saturated heterocycles. The van der Waals surface area contributed by atoms with Crippen molar-refractivity contribution in [1.29, 1.82) is 0 Å². The van der Waals surface area contributed by atoms with E-state index in [1.54, 1.807) is 54.6 Å². The summed E-state index contributed by atoms with van der Waals surface area (Å²) in [5.74, 6) is -0.748. The predicted octanol–water partition coefficient (Wildman–Crippen LogP) is 4.68. The molecule has 0 spiro atoms. The minimum Gasteiger partial charge on any atom is -0.351 e. The minimum absolute atomic E-state index is 0.161. The molecule has 0 aliphatic carbocycles. The molecular weight excluding hydrogens is 371 g/mol. The molecule has 2 N–H and O–H groups in total. The maximum atomic E-state index is 12.5. The highest BCUT2D eigenvalue weighted by Crippen LogP contribution is 2.14. The van der Waals surface area contributed by atoms with E-state index in [1.165, 1.54) is 0 Å². The lowest BCUT2D eigenvalue weighted by Crippen LogP contribution is -2.35. The van der Waals surface area contributed by atoms with Crippen LogP contribution in [0.2, 0.25) is 10.0 Å². The number of hydrogen-bond donors (Lipinski definition) is 2. The number of unbranched alkanes of at least 4 members (excludes halogenated alkanes) is 1. The molecule has 0 fully saturated rings. The molecule has 6 heteroatoms. The molecular formula is C20H20Cl2N2O2. The Kier molecular flexibility index (Phi) is 7.70. The average Bonchev–Trinajstić information content (AvgIpc) is 2.63. The Labute approximate surface area is 163 Å². The van der Waals surface area contributed by atoms with Crippen molar-refractivity contribution in [3.05, 3.63) is 75.4 Å². The van der Waals surface area contributed by atoms with Crippen molar-refractivity contribution in [1.82, 2.24) is 10.6 Å². The van der Waals surface area contributed by atoms with Crippen LogP contribution in [0.25, 0.3) is 6.08 Å². The molecule has 2 amide bonds. The normalized spacial score (nSPS) is 11.1. The molecule has 0 unspecified atom stereocenters. The zero-order chi connectivity index (χ0) is 18.9. The summed E-state index contributed by atoms with van der Waals surface area (Å²) >= 11 is 11.8. The van der Waals surface area contributed by atoms with Crippen molar-refractivity contribution in [3.8, 4) is 0 Å². The van der Waals surface area contributed by atoms with Gasteiger partial charge in [-0.3, -0.25) is 9.59 Å². The highest BCUT2D eigenvalue weighted by Gasteiger charge is 2.14. The van der Waals surface area contributed by atoms with Crippen molar-refractivity contribution >= 4 is 41.1 Å². The van der Waals surface area contributed by atoms with Gasteiger partial charge in [-0.25, -0.2) is 0 Å². The Balaban J connectivity index is 2.23. The molecule has 2 rings (SSSR count). The van der Waals surface area contributed by atoms with E-state index < -0.39 is 5.91 Å². The van der Waals surface area contributed by atoms with Crippen LogP contribution in [-0.4, -0.2) is 18.4 Å². The molecule has 4 nitrogen and oxygen atoms in total. The first-order valence-electron chi connectivity index (χ1n) is 8.32. The summed E-state index contributed by atoms with van der Waals surface area (Å²) in [5.41, 5.74) is 1.29. The standard InChI is InChI=1S/C20H20Cl2N2O2/c1-2-3-11-23-20(26)18(12-14-7-9-16(21)10-8-14)24-19(25)15-5-4-6-17(22)13-15/h4-10,12-13H,2-3,11H2,1H3,(H,23,26)(H,24,25)/b18-12+. The van der Waals surface area contributed by atoms with E-state index in [9.17, 15) is 9.59 Å². The van der Waals surface area contributed by atoms with Crippen LogP contribution < -0.4 is 10.6 Å². The first-order valence-corrected chi connectivity index (χ1v) is 9.07. The highest BCUT2D eigenvalue weighted by molar-refractivity contribution is 6.31. The zero-order valence-electron chi connectivity index (χ0n) is 14.4. The van der Waals surface area contributed by atoms with Crippen LogP contribution in [0.4, 0.5) is 0 Å². The molecule has 0 atom stereocenters. The van der Waals surface area contributed by atoms with E-state index in [0.717, 1.165) is 18.4 Å². The molecule has 0 aliphatic heterocycles. The number of halogens is 2. The van der Waals surface area contributed by atoms with Gasteiger partial charge in [0.15, 0.2) is 0 Å². The lowest BCUT2D eigenvalue weighted by atomic mass is 10.1. The van der Waals surface area contributed by atoms with Crippen LogP contribution in [0.15, 0.2) is 54.2 Å². The number of hydrogen-bond acceptors (Lipinski definition) is 2. The number of carbonyl (C=O) groups is 2. The van der Waals surface area contributed by atoms with E-state index >= 15 is 0 Å². The summed E-state index contributed by atoms with van der Waals surface area (Å²) in [6, 6.07) is 13.5. The summed E-state index contributed by atoms with van der Waals surface area (Å²) in [6.45, 7) is 2.58. The number of rotatable bonds is 7. The van der Waals surface area contributed by atoms with Crippen LogP contribution in [0.1, 0.15) is 35.7 Å². The number of amides is 2. The van der Waals surface area contributed by atoms with Crippen LogP contribution >= 0.6 is 23.2 Å². The van der Waals surface area contributed by atoms with Crippen LogP contribution in [0.5, 0.6) is 0 Å². The lowest BCUT2D eigenvalue weighted by Gasteiger charge is -2.11. The van der Waals surface area contributed by atoms with Crippen molar-refractivity contribution < 1.29 is 9.59 Å². The first kappa shape index (κ1) is 20.0. The van der Waals surface area contributed by atoms with Gasteiger partial charge in [-0.15, -0.1) is 0 Å². The third kappa shape index (κ3) is 6.21. The molecule has 0 heterocycles. The average molecular weight is 391 g/mol. The quantitative estimate of drug-likeness (QED) is 0.532. The number of benzene rings is 2. The molecule has 2 aromatic carbocycles. The molecule has 0 saturated carbocycles. The van der Waals surface area contributed by atoms with E-state index in [-0.39, 0.29) is 11.6 Å². The molecule has 0 bridgehead atoms. The van der Waals surface area contributed by atoms with Gasteiger partial charge in [0.2, 0.25) is 0 Å². The van der Waals surface area contributed by atoms with Gasteiger partial charge in [0, 0.05) is 22.2 Å². The molecule has 136 valence electrons. The van der Waals surface area contributed by atoms with E-state index in [1.807, 2.05) is 6.92 Å². The maximum absolute atomic E-state index is 12.5. The van der Waals surface area contributed by atoms with Gasteiger partial charge >= 0.3 is 0 Å². The second-order valence-electron chi connectivity index (χ2n) is 5.68. The SMILES string of the molecule is CCCCNC(=O)/C(=C\c1ccc(Cl)cc1)NC(=O)c1cccc(Cl)c1. The Morgan fingerprint density at radius 2 is 1.77 bits per heavy atom. The molecule has 0 radical (unpaired) electrons. The molecule has 26 heavy (non-hydrogen) atoms. The van der Waals surface area contributed by atoms with Gasteiger partial charge in [-0.2, -0.15) is 0 Å². The van der Waals surface area contributed by atoms with Gasteiger partial charge in [-0.1, -0.05) is 54.7 Å². The van der Waals surface area contributed by atoms with E-state index in [2.05, 4.69) is 10.6 Å². The number of carbonyl (C=O) groups excluding carboxylic acids is 2. The molecule has 0 aromatic heterocycles. The highest BCUT2D eigenvalue weighted by atomic mass is 35.5. The Hall–Kier alpha value is -2.30. The Bertz CT molecular complexity index is 802. The summed E-state index contributed by atoms with van der Waals surface area (Å²) in [4.78, 5) is 25.0. The Morgan fingerprint density at radius 3 is 2.42 bits per heavy atom. The fourth-order valence-corrected chi connectivity index (χ4v) is 2.50. The third-order valence-electron chi connectivity index (χ3n) is 3.58.